The SMILES string of the molecule is Cc1cc(C#N)ccc1-c1ccnc(NCc2cc(-c3ccc(OCC4CNCCO4)cc3)n[nH]2)c1. The second-order valence-corrected chi connectivity index (χ2v) is 8.74. The molecule has 0 amide bonds. The predicted molar refractivity (Wildman–Crippen MR) is 139 cm³/mol. The Morgan fingerprint density at radius 2 is 2.00 bits per heavy atom. The van der Waals surface area contributed by atoms with Crippen LogP contribution in [0.4, 0.5) is 5.82 Å². The van der Waals surface area contributed by atoms with Crippen molar-refractivity contribution in [2.24, 2.45) is 0 Å². The Bertz CT molecular complexity index is 1350. The molecule has 1 aliphatic rings. The van der Waals surface area contributed by atoms with Crippen LogP contribution in [0.1, 0.15) is 16.8 Å². The van der Waals surface area contributed by atoms with E-state index in [0.29, 0.717) is 18.7 Å². The summed E-state index contributed by atoms with van der Waals surface area (Å²) in [5.41, 5.74) is 6.68. The Morgan fingerprint density at radius 1 is 1.11 bits per heavy atom. The molecule has 2 aromatic heterocycles. The van der Waals surface area contributed by atoms with Crippen LogP contribution in [-0.2, 0) is 11.3 Å². The number of morpholine rings is 1. The highest BCUT2D eigenvalue weighted by molar-refractivity contribution is 5.70. The van der Waals surface area contributed by atoms with Gasteiger partial charge in [-0.1, -0.05) is 6.07 Å². The minimum atomic E-state index is 0.0862. The second kappa shape index (κ2) is 11.0. The molecule has 0 radical (unpaired) electrons. The molecular formula is C28H28N6O2. The van der Waals surface area contributed by atoms with Gasteiger partial charge in [0.2, 0.25) is 0 Å². The van der Waals surface area contributed by atoms with Crippen molar-refractivity contribution in [3.63, 3.8) is 0 Å². The van der Waals surface area contributed by atoms with Crippen molar-refractivity contribution in [2.45, 2.75) is 19.6 Å². The van der Waals surface area contributed by atoms with Gasteiger partial charge in [-0.2, -0.15) is 10.4 Å². The standard InChI is InChI=1S/C28H28N6O2/c1-19-12-20(15-29)2-7-26(19)22-8-9-31-28(13-22)32-16-23-14-27(34-33-23)21-3-5-24(6-4-21)36-18-25-17-30-10-11-35-25/h2-9,12-14,25,30H,10-11,16-18H2,1H3,(H,31,32)(H,33,34). The van der Waals surface area contributed by atoms with Crippen LogP contribution in [0.2, 0.25) is 0 Å². The zero-order chi connectivity index (χ0) is 24.7. The number of aryl methyl sites for hydroxylation is 1. The average Bonchev–Trinajstić information content (AvgIpc) is 3.41. The Morgan fingerprint density at radius 3 is 2.78 bits per heavy atom. The molecule has 5 rings (SSSR count). The van der Waals surface area contributed by atoms with Crippen molar-refractivity contribution >= 4 is 5.82 Å². The van der Waals surface area contributed by atoms with Gasteiger partial charge in [0.1, 0.15) is 24.3 Å². The molecule has 0 spiro atoms. The lowest BCUT2D eigenvalue weighted by Crippen LogP contribution is -2.41. The van der Waals surface area contributed by atoms with Crippen molar-refractivity contribution in [2.75, 3.05) is 31.6 Å². The summed E-state index contributed by atoms with van der Waals surface area (Å²) in [6.07, 6.45) is 1.87. The summed E-state index contributed by atoms with van der Waals surface area (Å²) in [6, 6.07) is 21.8. The molecule has 8 nitrogen and oxygen atoms in total. The first-order chi connectivity index (χ1) is 17.7. The van der Waals surface area contributed by atoms with Gasteiger partial charge >= 0.3 is 0 Å². The van der Waals surface area contributed by atoms with Gasteiger partial charge in [-0.3, -0.25) is 5.10 Å². The summed E-state index contributed by atoms with van der Waals surface area (Å²) in [4.78, 5) is 4.44. The van der Waals surface area contributed by atoms with E-state index in [9.17, 15) is 0 Å². The van der Waals surface area contributed by atoms with E-state index in [1.807, 2.05) is 67.6 Å². The molecule has 0 bridgehead atoms. The molecular weight excluding hydrogens is 452 g/mol. The molecule has 2 aromatic carbocycles. The first-order valence-corrected chi connectivity index (χ1v) is 12.0. The topological polar surface area (TPSA) is 108 Å². The first kappa shape index (κ1) is 23.5. The van der Waals surface area contributed by atoms with Crippen LogP contribution >= 0.6 is 0 Å². The molecule has 3 N–H and O–H groups in total. The molecule has 3 heterocycles. The minimum absolute atomic E-state index is 0.0862. The lowest BCUT2D eigenvalue weighted by molar-refractivity contribution is 0.000198. The van der Waals surface area contributed by atoms with Crippen LogP contribution in [0.3, 0.4) is 0 Å². The van der Waals surface area contributed by atoms with E-state index in [-0.39, 0.29) is 6.10 Å². The fraction of sp³-hybridized carbons (Fsp3) is 0.250. The number of benzene rings is 2. The van der Waals surface area contributed by atoms with E-state index >= 15 is 0 Å². The van der Waals surface area contributed by atoms with Crippen molar-refractivity contribution < 1.29 is 9.47 Å². The molecule has 1 unspecified atom stereocenters. The van der Waals surface area contributed by atoms with E-state index in [4.69, 9.17) is 14.7 Å². The Balaban J connectivity index is 1.18. The van der Waals surface area contributed by atoms with Crippen LogP contribution in [0.5, 0.6) is 5.75 Å². The summed E-state index contributed by atoms with van der Waals surface area (Å²) in [6.45, 7) is 5.54. The number of rotatable bonds is 8. The van der Waals surface area contributed by atoms with E-state index in [1.165, 1.54) is 0 Å². The van der Waals surface area contributed by atoms with Crippen molar-refractivity contribution in [3.05, 3.63) is 83.7 Å². The molecule has 1 saturated heterocycles. The van der Waals surface area contributed by atoms with E-state index in [2.05, 4.69) is 31.9 Å². The van der Waals surface area contributed by atoms with Gasteiger partial charge in [-0.25, -0.2) is 4.98 Å². The van der Waals surface area contributed by atoms with Crippen molar-refractivity contribution in [1.82, 2.24) is 20.5 Å². The molecule has 36 heavy (non-hydrogen) atoms. The van der Waals surface area contributed by atoms with Crippen LogP contribution < -0.4 is 15.4 Å². The molecule has 8 heteroatoms. The number of hydrogen-bond donors (Lipinski definition) is 3. The number of nitrogens with one attached hydrogen (secondary N) is 3. The van der Waals surface area contributed by atoms with Gasteiger partial charge in [0.15, 0.2) is 0 Å². The number of nitriles is 1. The van der Waals surface area contributed by atoms with Gasteiger partial charge in [-0.15, -0.1) is 0 Å². The van der Waals surface area contributed by atoms with Gasteiger partial charge in [0.05, 0.1) is 36.2 Å². The highest BCUT2D eigenvalue weighted by Gasteiger charge is 2.14. The Labute approximate surface area is 210 Å². The largest absolute Gasteiger partial charge is 0.491 e. The molecule has 4 aromatic rings. The smallest absolute Gasteiger partial charge is 0.126 e. The van der Waals surface area contributed by atoms with Crippen molar-refractivity contribution in [3.8, 4) is 34.2 Å². The highest BCUT2D eigenvalue weighted by Crippen LogP contribution is 2.26. The third kappa shape index (κ3) is 5.71. The maximum Gasteiger partial charge on any atom is 0.126 e. The molecule has 0 saturated carbocycles. The quantitative estimate of drug-likeness (QED) is 0.345. The number of anilines is 1. The fourth-order valence-electron chi connectivity index (χ4n) is 4.18. The van der Waals surface area contributed by atoms with Gasteiger partial charge < -0.3 is 20.1 Å². The van der Waals surface area contributed by atoms with Crippen LogP contribution in [-0.4, -0.2) is 47.6 Å². The Hall–Kier alpha value is -4.19. The molecule has 0 aliphatic carbocycles. The van der Waals surface area contributed by atoms with Crippen molar-refractivity contribution in [1.29, 1.82) is 5.26 Å². The Kier molecular flexibility index (Phi) is 7.22. The third-order valence-electron chi connectivity index (χ3n) is 6.11. The molecule has 1 aliphatic heterocycles. The summed E-state index contributed by atoms with van der Waals surface area (Å²) >= 11 is 0. The van der Waals surface area contributed by atoms with E-state index in [0.717, 1.165) is 64.9 Å². The van der Waals surface area contributed by atoms with Crippen LogP contribution in [0.15, 0.2) is 66.9 Å². The van der Waals surface area contributed by atoms with Gasteiger partial charge in [0.25, 0.3) is 0 Å². The monoisotopic (exact) mass is 480 g/mol. The van der Waals surface area contributed by atoms with E-state index < -0.39 is 0 Å². The van der Waals surface area contributed by atoms with Crippen LogP contribution in [0.25, 0.3) is 22.4 Å². The second-order valence-electron chi connectivity index (χ2n) is 8.74. The summed E-state index contributed by atoms with van der Waals surface area (Å²) < 4.78 is 11.5. The zero-order valence-electron chi connectivity index (χ0n) is 20.1. The highest BCUT2D eigenvalue weighted by atomic mass is 16.5. The number of aromatic nitrogens is 3. The van der Waals surface area contributed by atoms with Crippen LogP contribution in [0, 0.1) is 18.3 Å². The zero-order valence-corrected chi connectivity index (χ0v) is 20.1. The number of H-pyrrole nitrogens is 1. The number of nitrogens with zero attached hydrogens (tertiary/aromatic N) is 3. The number of pyridine rings is 1. The normalized spacial score (nSPS) is 15.3. The minimum Gasteiger partial charge on any atom is -0.491 e. The summed E-state index contributed by atoms with van der Waals surface area (Å²) in [5.74, 6) is 1.58. The van der Waals surface area contributed by atoms with Gasteiger partial charge in [0, 0.05) is 24.8 Å². The maximum absolute atomic E-state index is 9.11. The average molecular weight is 481 g/mol. The number of aromatic amines is 1. The number of ether oxygens (including phenoxy) is 2. The fourth-order valence-corrected chi connectivity index (χ4v) is 4.18. The predicted octanol–water partition coefficient (Wildman–Crippen LogP) is 4.30. The summed E-state index contributed by atoms with van der Waals surface area (Å²) in [5, 5.41) is 23.3. The summed E-state index contributed by atoms with van der Waals surface area (Å²) in [7, 11) is 0. The third-order valence-corrected chi connectivity index (χ3v) is 6.11. The molecule has 1 atom stereocenters. The number of hydrogen-bond acceptors (Lipinski definition) is 7. The first-order valence-electron chi connectivity index (χ1n) is 12.0. The molecule has 1 fully saturated rings. The van der Waals surface area contributed by atoms with Gasteiger partial charge in [-0.05, 0) is 78.2 Å². The maximum atomic E-state index is 9.11. The lowest BCUT2D eigenvalue weighted by Gasteiger charge is -2.23. The lowest BCUT2D eigenvalue weighted by atomic mass is 9.99. The molecule has 182 valence electrons. The van der Waals surface area contributed by atoms with E-state index in [1.54, 1.807) is 6.20 Å².